The number of fused-ring (bicyclic) bond motifs is 15. The van der Waals surface area contributed by atoms with Crippen LogP contribution in [0.5, 0.6) is 11.5 Å². The number of phenols is 1. The van der Waals surface area contributed by atoms with Crippen LogP contribution >= 0.6 is 0 Å². The van der Waals surface area contributed by atoms with Crippen LogP contribution in [0.4, 0.5) is 10.1 Å². The van der Waals surface area contributed by atoms with Crippen LogP contribution in [0.2, 0.25) is 0 Å². The number of methoxy groups -OCH3 is 1. The van der Waals surface area contributed by atoms with Gasteiger partial charge in [-0.3, -0.25) is 28.8 Å². The highest BCUT2D eigenvalue weighted by Crippen LogP contribution is 2.49. The number of pyridine rings is 1. The number of anilines is 1. The van der Waals surface area contributed by atoms with Gasteiger partial charge in [-0.05, 0) is 51.3 Å². The van der Waals surface area contributed by atoms with Gasteiger partial charge in [-0.1, -0.05) is 45.9 Å². The molecule has 3 aromatic rings. The summed E-state index contributed by atoms with van der Waals surface area (Å²) in [6, 6.07) is 1.71. The molecule has 74 heavy (non-hydrogen) atoms. The molecular formula is C54H61FN4O15. The number of aliphatic hydroxyl groups excluding tert-OH is 2. The molecule has 5 bridgehead atoms. The van der Waals surface area contributed by atoms with Gasteiger partial charge in [-0.25, -0.2) is 9.18 Å². The highest BCUT2D eigenvalue weighted by atomic mass is 19.1. The highest BCUT2D eigenvalue weighted by molar-refractivity contribution is 6.32. The van der Waals surface area contributed by atoms with Gasteiger partial charge in [-0.2, -0.15) is 0 Å². The second-order valence-electron chi connectivity index (χ2n) is 20.3. The smallest absolute Gasteiger partial charge is 0.341 e. The van der Waals surface area contributed by atoms with Crippen LogP contribution in [0.15, 0.2) is 70.7 Å². The van der Waals surface area contributed by atoms with Crippen LogP contribution in [-0.2, 0) is 23.8 Å². The van der Waals surface area contributed by atoms with Gasteiger partial charge in [0.05, 0.1) is 52.5 Å². The summed E-state index contributed by atoms with van der Waals surface area (Å²) in [4.78, 5) is 98.1. The molecule has 19 nitrogen and oxygen atoms in total. The number of nitrogens with one attached hydrogen (secondary N) is 2. The minimum Gasteiger partial charge on any atom is -0.507 e. The molecule has 9 rings (SSSR count). The molecule has 2 fully saturated rings. The Hall–Kier alpha value is -7.16. The molecule has 20 heteroatoms. The first-order valence-corrected chi connectivity index (χ1v) is 24.6. The van der Waals surface area contributed by atoms with Gasteiger partial charge in [0.15, 0.2) is 0 Å². The fourth-order valence-corrected chi connectivity index (χ4v) is 10.5. The number of carbonyl (C=O) groups excluding carboxylic acids is 5. The Balaban J connectivity index is 1.20. The predicted octanol–water partition coefficient (Wildman–Crippen LogP) is 5.31. The van der Waals surface area contributed by atoms with Crippen molar-refractivity contribution in [3.63, 3.8) is 0 Å². The van der Waals surface area contributed by atoms with Gasteiger partial charge in [0.2, 0.25) is 17.0 Å². The van der Waals surface area contributed by atoms with Crippen LogP contribution < -0.4 is 25.7 Å². The minimum absolute atomic E-state index is 0.0188. The minimum atomic E-state index is -2.19. The topological polar surface area (TPSA) is 270 Å². The molecular weight excluding hydrogens is 964 g/mol. The Labute approximate surface area is 425 Å². The maximum Gasteiger partial charge on any atom is 0.341 e. The number of carboxylic acids is 1. The van der Waals surface area contributed by atoms with Crippen LogP contribution in [0, 0.1) is 36.4 Å². The van der Waals surface area contributed by atoms with Crippen molar-refractivity contribution in [2.24, 2.45) is 23.7 Å². The van der Waals surface area contributed by atoms with Gasteiger partial charge in [-0.15, -0.1) is 0 Å². The number of ketones is 3. The Morgan fingerprint density at radius 3 is 2.28 bits per heavy atom. The lowest BCUT2D eigenvalue weighted by Crippen LogP contribution is -2.46. The maximum atomic E-state index is 16.1. The van der Waals surface area contributed by atoms with Crippen molar-refractivity contribution in [2.45, 2.75) is 117 Å². The van der Waals surface area contributed by atoms with E-state index in [-0.39, 0.29) is 59.1 Å². The lowest BCUT2D eigenvalue weighted by atomic mass is 9.78. The first-order chi connectivity index (χ1) is 34.9. The number of halogens is 1. The summed E-state index contributed by atoms with van der Waals surface area (Å²) in [5.74, 6) is -12.5. The number of amides is 1. The van der Waals surface area contributed by atoms with Crippen molar-refractivity contribution in [3.05, 3.63) is 110 Å². The number of aromatic carboxylic acids is 1. The molecule has 6 N–H and O–H groups in total. The van der Waals surface area contributed by atoms with Crippen molar-refractivity contribution >= 4 is 51.8 Å². The lowest BCUT2D eigenvalue weighted by Gasteiger charge is -2.38. The average Bonchev–Trinajstić information content (AvgIpc) is 4.04. The van der Waals surface area contributed by atoms with Crippen LogP contribution in [0.3, 0.4) is 0 Å². The van der Waals surface area contributed by atoms with Gasteiger partial charge >= 0.3 is 17.7 Å². The van der Waals surface area contributed by atoms with Crippen LogP contribution in [0.1, 0.15) is 121 Å². The maximum absolute atomic E-state index is 16.1. The SMILES string of the molecule is CO[C@H]1/C=C/O[C@@]2(C)Oc3c(C)c(O)c4c(c3C2=O)C(=O)C(N[C@H]2CCN(c3cc5c(cc3F)c(=O)c(C(=O)O)cn5C3CC3)C2)=C(NC(=O)/C(C)=C\C=C\[C@H](C)[C@H](O)[C@@H](C)[C@@H](O)[C@@H](C)[C@H](OC(C)=O)[C@@H]1C)C4=O. The number of benzene rings is 2. The Kier molecular flexibility index (Phi) is 14.6. The first-order valence-electron chi connectivity index (χ1n) is 24.6. The average molecular weight is 1030 g/mol. The molecule has 1 saturated carbocycles. The third kappa shape index (κ3) is 9.49. The number of rotatable bonds is 7. The molecule has 5 heterocycles. The second kappa shape index (κ2) is 20.3. The number of carboxylic acid groups (broad SMARTS) is 1. The van der Waals surface area contributed by atoms with E-state index >= 15 is 9.18 Å². The summed E-state index contributed by atoms with van der Waals surface area (Å²) in [5, 5.41) is 50.1. The van der Waals surface area contributed by atoms with Gasteiger partial charge in [0, 0.05) is 92.5 Å². The third-order valence-corrected chi connectivity index (χ3v) is 15.1. The zero-order valence-corrected chi connectivity index (χ0v) is 42.5. The largest absolute Gasteiger partial charge is 0.507 e. The summed E-state index contributed by atoms with van der Waals surface area (Å²) in [7, 11) is 1.40. The predicted molar refractivity (Wildman–Crippen MR) is 265 cm³/mol. The number of aromatic hydroxyl groups is 1. The zero-order chi connectivity index (χ0) is 54.0. The quantitative estimate of drug-likeness (QED) is 0.164. The molecule has 0 radical (unpaired) electrons. The van der Waals surface area contributed by atoms with E-state index in [0.29, 0.717) is 5.52 Å². The van der Waals surface area contributed by atoms with Crippen molar-refractivity contribution in [2.75, 3.05) is 25.1 Å². The summed E-state index contributed by atoms with van der Waals surface area (Å²) in [6.45, 7) is 12.3. The standard InChI is InChI=1S/C54H61FN4O15/c1-23-11-10-12-24(2)52(68)57-42-41(56-30-15-17-58(21-30)36-20-35-32(19-34(36)55)46(64)33(53(69)70)22-59(35)31-13-14-31)47(65)38-39(48(42)66)45(63)28(6)50-40(38)51(67)54(8,74-50)72-18-16-37(71-9)25(3)49(73-29(7)60)27(5)44(62)26(4)43(23)61/h10-12,16,18-20,22-23,25-27,30-31,37,43-44,49,56,61-63H,13-15,17,21H2,1-9H3,(H,57,68)(H,69,70)/b11-10+,18-16+,24-12-/t23-,25+,26+,27+,30-,37-,43-,44+,49+,54-/m0/s1. The second-order valence-corrected chi connectivity index (χ2v) is 20.3. The Bertz CT molecular complexity index is 3080. The van der Waals surface area contributed by atoms with Gasteiger partial charge < -0.3 is 59.5 Å². The number of hydrogen-bond donors (Lipinski definition) is 6. The molecule has 1 aromatic heterocycles. The number of hydrogen-bond acceptors (Lipinski definition) is 16. The molecule has 4 aliphatic heterocycles. The van der Waals surface area contributed by atoms with E-state index in [1.54, 1.807) is 43.2 Å². The van der Waals surface area contributed by atoms with E-state index in [4.69, 9.17) is 18.9 Å². The number of carbonyl (C=O) groups is 6. The molecule has 6 aliphatic rings. The van der Waals surface area contributed by atoms with E-state index in [1.807, 2.05) is 0 Å². The van der Waals surface area contributed by atoms with Crippen molar-refractivity contribution in [1.29, 1.82) is 0 Å². The van der Waals surface area contributed by atoms with Gasteiger partial charge in [0.25, 0.3) is 11.7 Å². The summed E-state index contributed by atoms with van der Waals surface area (Å²) in [6.07, 6.45) is 5.93. The number of phenolic OH excluding ortho intramolecular Hbond substituents is 1. The number of allylic oxidation sites excluding steroid dienone is 4. The number of nitrogens with zero attached hydrogens (tertiary/aromatic N) is 2. The van der Waals surface area contributed by atoms with Crippen LogP contribution in [0.25, 0.3) is 10.9 Å². The van der Waals surface area contributed by atoms with E-state index in [2.05, 4.69) is 10.6 Å². The van der Waals surface area contributed by atoms with E-state index in [9.17, 15) is 49.2 Å². The normalized spacial score (nSPS) is 30.4. The third-order valence-electron chi connectivity index (χ3n) is 15.1. The van der Waals surface area contributed by atoms with E-state index in [0.717, 1.165) is 25.2 Å². The summed E-state index contributed by atoms with van der Waals surface area (Å²) >= 11 is 0. The van der Waals surface area contributed by atoms with Gasteiger partial charge in [0.1, 0.15) is 40.4 Å². The fourth-order valence-electron chi connectivity index (χ4n) is 10.5. The van der Waals surface area contributed by atoms with Crippen molar-refractivity contribution in [3.8, 4) is 11.5 Å². The van der Waals surface area contributed by atoms with E-state index in [1.165, 1.54) is 65.3 Å². The molecule has 1 amide bonds. The monoisotopic (exact) mass is 1020 g/mol. The first kappa shape index (κ1) is 53.1. The highest BCUT2D eigenvalue weighted by Gasteiger charge is 2.53. The zero-order valence-electron chi connectivity index (χ0n) is 42.5. The lowest BCUT2D eigenvalue weighted by molar-refractivity contribution is -0.160. The summed E-state index contributed by atoms with van der Waals surface area (Å²) < 4.78 is 41.4. The van der Waals surface area contributed by atoms with Crippen LogP contribution in [-0.4, -0.2) is 117 Å². The number of ether oxygens (including phenoxy) is 4. The molecule has 0 unspecified atom stereocenters. The fraction of sp³-hybridized carbons (Fsp3) is 0.463. The van der Waals surface area contributed by atoms with Crippen molar-refractivity contribution < 1.29 is 72.5 Å². The molecule has 1 saturated heterocycles. The van der Waals surface area contributed by atoms with Crippen molar-refractivity contribution in [1.82, 2.24) is 15.2 Å². The Morgan fingerprint density at radius 2 is 1.64 bits per heavy atom. The molecule has 2 aliphatic carbocycles. The number of aromatic nitrogens is 1. The summed E-state index contributed by atoms with van der Waals surface area (Å²) in [5.41, 5.74) is -3.36. The van der Waals surface area contributed by atoms with E-state index < -0.39 is 140 Å². The number of aliphatic hydroxyl groups is 2. The Morgan fingerprint density at radius 1 is 0.932 bits per heavy atom. The molecule has 0 spiro atoms. The number of Topliss-reactive ketones (excluding diaryl/α,β-unsaturated/α-hetero) is 3. The number of esters is 1. The molecule has 2 aromatic carbocycles. The molecule has 394 valence electrons. The molecule has 10 atom stereocenters.